The van der Waals surface area contributed by atoms with Crippen molar-refractivity contribution in [3.63, 3.8) is 0 Å². The normalized spacial score (nSPS) is 10.0. The highest BCUT2D eigenvalue weighted by molar-refractivity contribution is 6.01. The second-order valence-corrected chi connectivity index (χ2v) is 4.81. The summed E-state index contributed by atoms with van der Waals surface area (Å²) in [6, 6.07) is 8.55. The Hall–Kier alpha value is -2.89. The van der Waals surface area contributed by atoms with Gasteiger partial charge in [0, 0.05) is 18.8 Å². The lowest BCUT2D eigenvalue weighted by Gasteiger charge is -2.11. The molecule has 0 atom stereocenters. The number of methoxy groups -OCH3 is 2. The molecule has 120 valence electrons. The van der Waals surface area contributed by atoms with Crippen LogP contribution in [0.2, 0.25) is 0 Å². The molecule has 0 fully saturated rings. The summed E-state index contributed by atoms with van der Waals surface area (Å²) in [7, 11) is 2.79. The van der Waals surface area contributed by atoms with Gasteiger partial charge in [-0.05, 0) is 36.2 Å². The van der Waals surface area contributed by atoms with Crippen molar-refractivity contribution in [3.05, 3.63) is 53.9 Å². The number of pyridine rings is 1. The fourth-order valence-electron chi connectivity index (χ4n) is 2.05. The molecule has 0 aliphatic heterocycles. The lowest BCUT2D eigenvalue weighted by Crippen LogP contribution is -2.16. The van der Waals surface area contributed by atoms with Crippen LogP contribution in [0.25, 0.3) is 0 Å². The number of anilines is 1. The Morgan fingerprint density at radius 1 is 1.22 bits per heavy atom. The van der Waals surface area contributed by atoms with Gasteiger partial charge in [0.05, 0.1) is 25.5 Å². The Kier molecular flexibility index (Phi) is 5.68. The molecule has 1 amide bonds. The standard InChI is InChI=1S/C17H18N2O4/c1-22-13-6-7-15(14(10-13)17(21)23-2)19-16(20)8-5-12-4-3-9-18-11-12/h3-4,6-7,9-11H,5,8H2,1-2H3,(H,19,20). The Morgan fingerprint density at radius 3 is 2.70 bits per heavy atom. The van der Waals surface area contributed by atoms with Gasteiger partial charge in [-0.2, -0.15) is 0 Å². The van der Waals surface area contributed by atoms with Gasteiger partial charge < -0.3 is 14.8 Å². The maximum Gasteiger partial charge on any atom is 0.340 e. The summed E-state index contributed by atoms with van der Waals surface area (Å²) < 4.78 is 9.82. The molecular weight excluding hydrogens is 296 g/mol. The monoisotopic (exact) mass is 314 g/mol. The van der Waals surface area contributed by atoms with Gasteiger partial charge in [0.15, 0.2) is 0 Å². The van der Waals surface area contributed by atoms with Gasteiger partial charge in [0.1, 0.15) is 5.75 Å². The average molecular weight is 314 g/mol. The second-order valence-electron chi connectivity index (χ2n) is 4.81. The number of ether oxygens (including phenoxy) is 2. The summed E-state index contributed by atoms with van der Waals surface area (Å²) in [5, 5.41) is 2.73. The fourth-order valence-corrected chi connectivity index (χ4v) is 2.05. The Labute approximate surface area is 134 Å². The quantitative estimate of drug-likeness (QED) is 0.829. The topological polar surface area (TPSA) is 77.5 Å². The minimum absolute atomic E-state index is 0.191. The zero-order valence-electron chi connectivity index (χ0n) is 13.0. The summed E-state index contributed by atoms with van der Waals surface area (Å²) in [5.41, 5.74) is 1.63. The Morgan fingerprint density at radius 2 is 2.04 bits per heavy atom. The first-order chi connectivity index (χ1) is 11.1. The molecular formula is C17H18N2O4. The highest BCUT2D eigenvalue weighted by Gasteiger charge is 2.15. The number of hydrogen-bond donors (Lipinski definition) is 1. The van der Waals surface area contributed by atoms with Crippen molar-refractivity contribution in [1.82, 2.24) is 4.98 Å². The second kappa shape index (κ2) is 7.93. The number of carbonyl (C=O) groups is 2. The minimum Gasteiger partial charge on any atom is -0.497 e. The summed E-state index contributed by atoms with van der Waals surface area (Å²) in [6.07, 6.45) is 4.27. The van der Waals surface area contributed by atoms with Crippen molar-refractivity contribution in [2.75, 3.05) is 19.5 Å². The van der Waals surface area contributed by atoms with E-state index in [2.05, 4.69) is 10.3 Å². The van der Waals surface area contributed by atoms with Gasteiger partial charge in [-0.3, -0.25) is 9.78 Å². The van der Waals surface area contributed by atoms with Gasteiger partial charge in [-0.25, -0.2) is 4.79 Å². The van der Waals surface area contributed by atoms with Gasteiger partial charge in [0.2, 0.25) is 5.91 Å². The summed E-state index contributed by atoms with van der Waals surface area (Å²) in [6.45, 7) is 0. The first-order valence-electron chi connectivity index (χ1n) is 7.09. The fraction of sp³-hybridized carbons (Fsp3) is 0.235. The van der Waals surface area contributed by atoms with Crippen LogP contribution in [0, 0.1) is 0 Å². The van der Waals surface area contributed by atoms with E-state index in [1.54, 1.807) is 24.5 Å². The highest BCUT2D eigenvalue weighted by atomic mass is 16.5. The largest absolute Gasteiger partial charge is 0.497 e. The third-order valence-electron chi connectivity index (χ3n) is 3.27. The molecule has 0 aliphatic rings. The van der Waals surface area contributed by atoms with E-state index in [9.17, 15) is 9.59 Å². The number of carbonyl (C=O) groups excluding carboxylic acids is 2. The molecule has 0 aliphatic carbocycles. The molecule has 1 N–H and O–H groups in total. The van der Waals surface area contributed by atoms with Crippen molar-refractivity contribution in [1.29, 1.82) is 0 Å². The number of nitrogens with zero attached hydrogens (tertiary/aromatic N) is 1. The van der Waals surface area contributed by atoms with E-state index in [-0.39, 0.29) is 11.5 Å². The van der Waals surface area contributed by atoms with Gasteiger partial charge >= 0.3 is 5.97 Å². The van der Waals surface area contributed by atoms with E-state index >= 15 is 0 Å². The molecule has 0 saturated heterocycles. The van der Waals surface area contributed by atoms with E-state index in [1.807, 2.05) is 12.1 Å². The van der Waals surface area contributed by atoms with E-state index in [1.165, 1.54) is 20.3 Å². The number of hydrogen-bond acceptors (Lipinski definition) is 5. The first-order valence-corrected chi connectivity index (χ1v) is 7.09. The minimum atomic E-state index is -0.536. The van der Waals surface area contributed by atoms with Crippen LogP contribution >= 0.6 is 0 Å². The zero-order valence-corrected chi connectivity index (χ0v) is 13.0. The third kappa shape index (κ3) is 4.54. The van der Waals surface area contributed by atoms with Crippen molar-refractivity contribution in [2.24, 2.45) is 0 Å². The van der Waals surface area contributed by atoms with Crippen LogP contribution in [-0.4, -0.2) is 31.1 Å². The molecule has 6 heteroatoms. The van der Waals surface area contributed by atoms with Crippen LogP contribution in [0.15, 0.2) is 42.7 Å². The lowest BCUT2D eigenvalue weighted by atomic mass is 10.1. The molecule has 0 spiro atoms. The number of esters is 1. The van der Waals surface area contributed by atoms with E-state index in [0.29, 0.717) is 24.3 Å². The Bertz CT molecular complexity index is 686. The number of amides is 1. The highest BCUT2D eigenvalue weighted by Crippen LogP contribution is 2.23. The third-order valence-corrected chi connectivity index (χ3v) is 3.27. The van der Waals surface area contributed by atoms with E-state index in [4.69, 9.17) is 9.47 Å². The molecule has 1 aromatic heterocycles. The number of nitrogens with one attached hydrogen (secondary N) is 1. The molecule has 1 aromatic carbocycles. The van der Waals surface area contributed by atoms with Crippen LogP contribution in [0.1, 0.15) is 22.3 Å². The molecule has 6 nitrogen and oxygen atoms in total. The zero-order chi connectivity index (χ0) is 16.7. The molecule has 0 saturated carbocycles. The molecule has 0 radical (unpaired) electrons. The molecule has 2 rings (SSSR count). The average Bonchev–Trinajstić information content (AvgIpc) is 2.60. The van der Waals surface area contributed by atoms with Gasteiger partial charge in [-0.1, -0.05) is 6.07 Å². The predicted molar refractivity (Wildman–Crippen MR) is 85.5 cm³/mol. The summed E-state index contributed by atoms with van der Waals surface area (Å²) in [5.74, 6) is -0.214. The molecule has 1 heterocycles. The number of benzene rings is 1. The summed E-state index contributed by atoms with van der Waals surface area (Å²) in [4.78, 5) is 27.9. The van der Waals surface area contributed by atoms with Crippen LogP contribution in [0.4, 0.5) is 5.69 Å². The number of rotatable bonds is 6. The van der Waals surface area contributed by atoms with Crippen LogP contribution in [-0.2, 0) is 16.0 Å². The van der Waals surface area contributed by atoms with Crippen molar-refractivity contribution >= 4 is 17.6 Å². The molecule has 0 unspecified atom stereocenters. The van der Waals surface area contributed by atoms with Crippen molar-refractivity contribution < 1.29 is 19.1 Å². The number of aryl methyl sites for hydroxylation is 1. The van der Waals surface area contributed by atoms with Crippen molar-refractivity contribution in [3.8, 4) is 5.75 Å². The van der Waals surface area contributed by atoms with Gasteiger partial charge in [0.25, 0.3) is 0 Å². The maximum atomic E-state index is 12.1. The van der Waals surface area contributed by atoms with Crippen LogP contribution < -0.4 is 10.1 Å². The lowest BCUT2D eigenvalue weighted by molar-refractivity contribution is -0.116. The smallest absolute Gasteiger partial charge is 0.340 e. The molecule has 2 aromatic rings. The molecule has 23 heavy (non-hydrogen) atoms. The molecule has 0 bridgehead atoms. The number of aromatic nitrogens is 1. The SMILES string of the molecule is COC(=O)c1cc(OC)ccc1NC(=O)CCc1cccnc1. The first kappa shape index (κ1) is 16.5. The summed E-state index contributed by atoms with van der Waals surface area (Å²) >= 11 is 0. The van der Waals surface area contributed by atoms with Crippen LogP contribution in [0.5, 0.6) is 5.75 Å². The predicted octanol–water partition coefficient (Wildman–Crippen LogP) is 2.45. The van der Waals surface area contributed by atoms with E-state index < -0.39 is 5.97 Å². The van der Waals surface area contributed by atoms with Crippen LogP contribution in [0.3, 0.4) is 0 Å². The Balaban J connectivity index is 2.06. The van der Waals surface area contributed by atoms with Gasteiger partial charge in [-0.15, -0.1) is 0 Å². The maximum absolute atomic E-state index is 12.1. The van der Waals surface area contributed by atoms with Crippen molar-refractivity contribution in [2.45, 2.75) is 12.8 Å². The van der Waals surface area contributed by atoms with E-state index in [0.717, 1.165) is 5.56 Å².